The summed E-state index contributed by atoms with van der Waals surface area (Å²) in [5.41, 5.74) is -1.27. The van der Waals surface area contributed by atoms with Crippen LogP contribution in [0.5, 0.6) is 0 Å². The molecule has 1 aromatic heterocycles. The molecule has 0 radical (unpaired) electrons. The molecule has 0 bridgehead atoms. The van der Waals surface area contributed by atoms with Gasteiger partial charge in [0.2, 0.25) is 0 Å². The van der Waals surface area contributed by atoms with Crippen LogP contribution in [0.3, 0.4) is 0 Å². The summed E-state index contributed by atoms with van der Waals surface area (Å²) < 4.78 is 39.8. The Kier molecular flexibility index (Phi) is 3.08. The Bertz CT molecular complexity index is 703. The Balaban J connectivity index is 2.12. The molecule has 3 rings (SSSR count). The molecule has 110 valence electrons. The van der Waals surface area contributed by atoms with Crippen molar-refractivity contribution in [2.45, 2.75) is 11.6 Å². The number of carboxylic acid groups (broad SMARTS) is 1. The molecule has 2 aliphatic rings. The molecule has 2 aliphatic heterocycles. The molecule has 3 heterocycles. The third-order valence-corrected chi connectivity index (χ3v) is 3.95. The zero-order chi connectivity index (χ0) is 15.2. The van der Waals surface area contributed by atoms with E-state index in [1.54, 1.807) is 11.5 Å². The number of aromatic nitrogens is 1. The molecule has 21 heavy (non-hydrogen) atoms. The summed E-state index contributed by atoms with van der Waals surface area (Å²) in [7, 11) is 0. The summed E-state index contributed by atoms with van der Waals surface area (Å²) in [6, 6.07) is 0. The van der Waals surface area contributed by atoms with E-state index in [0.29, 0.717) is 11.4 Å². The van der Waals surface area contributed by atoms with E-state index in [1.165, 1.54) is 18.1 Å². The predicted molar refractivity (Wildman–Crippen MR) is 71.8 cm³/mol. The number of thioether (sulfide) groups is 1. The molecule has 9 heteroatoms. The summed E-state index contributed by atoms with van der Waals surface area (Å²) in [4.78, 5) is 15.1. The lowest BCUT2D eigenvalue weighted by atomic mass is 10.2. The second kappa shape index (κ2) is 4.69. The highest BCUT2D eigenvalue weighted by Crippen LogP contribution is 2.37. The Morgan fingerprint density at radius 1 is 1.43 bits per heavy atom. The van der Waals surface area contributed by atoms with Gasteiger partial charge < -0.3 is 15.0 Å². The molecule has 1 unspecified atom stereocenters. The van der Waals surface area contributed by atoms with Crippen LogP contribution in [-0.2, 0) is 6.18 Å². The fourth-order valence-corrected chi connectivity index (χ4v) is 2.95. The van der Waals surface area contributed by atoms with E-state index >= 15 is 0 Å². The first kappa shape index (κ1) is 13.8. The van der Waals surface area contributed by atoms with E-state index < -0.39 is 23.3 Å². The minimum absolute atomic E-state index is 0.216. The molecule has 1 atom stereocenters. The Hall–Kier alpha value is -2.16. The van der Waals surface area contributed by atoms with E-state index in [-0.39, 0.29) is 5.37 Å². The third-order valence-electron chi connectivity index (χ3n) is 3.03. The van der Waals surface area contributed by atoms with Crippen molar-refractivity contribution in [2.24, 2.45) is 4.99 Å². The summed E-state index contributed by atoms with van der Waals surface area (Å²) in [5.74, 6) is -1.25. The van der Waals surface area contributed by atoms with Crippen LogP contribution >= 0.6 is 11.8 Å². The highest BCUT2D eigenvalue weighted by Gasteiger charge is 2.37. The second-order valence-electron chi connectivity index (χ2n) is 4.31. The van der Waals surface area contributed by atoms with Gasteiger partial charge in [0, 0.05) is 18.0 Å². The maximum atomic E-state index is 12.9. The van der Waals surface area contributed by atoms with Gasteiger partial charge in [-0.3, -0.25) is 4.99 Å². The molecule has 0 spiro atoms. The fourth-order valence-electron chi connectivity index (χ4n) is 2.11. The minimum Gasteiger partial charge on any atom is -0.478 e. The SMILES string of the molecule is O=C(O)c1cn(C2=C3C=CSC3N=CN2)cc1C(F)(F)F. The van der Waals surface area contributed by atoms with Gasteiger partial charge in [0.05, 0.1) is 17.5 Å². The van der Waals surface area contributed by atoms with Crippen LogP contribution in [0.15, 0.2) is 34.4 Å². The van der Waals surface area contributed by atoms with Gasteiger partial charge in [0.25, 0.3) is 0 Å². The maximum Gasteiger partial charge on any atom is 0.418 e. The van der Waals surface area contributed by atoms with Crippen molar-refractivity contribution in [3.63, 3.8) is 0 Å². The van der Waals surface area contributed by atoms with Crippen molar-refractivity contribution < 1.29 is 23.1 Å². The summed E-state index contributed by atoms with van der Waals surface area (Å²) in [6.07, 6.45) is 0.116. The second-order valence-corrected chi connectivity index (χ2v) is 5.30. The molecule has 0 saturated carbocycles. The zero-order valence-electron chi connectivity index (χ0n) is 10.3. The number of carboxylic acids is 1. The van der Waals surface area contributed by atoms with Gasteiger partial charge in [0.1, 0.15) is 11.2 Å². The number of halogens is 3. The number of nitrogens with zero attached hydrogens (tertiary/aromatic N) is 2. The van der Waals surface area contributed by atoms with E-state index in [1.807, 2.05) is 0 Å². The smallest absolute Gasteiger partial charge is 0.418 e. The zero-order valence-corrected chi connectivity index (χ0v) is 11.1. The van der Waals surface area contributed by atoms with E-state index in [9.17, 15) is 18.0 Å². The van der Waals surface area contributed by atoms with Gasteiger partial charge in [-0.1, -0.05) is 0 Å². The number of nitrogens with one attached hydrogen (secondary N) is 1. The van der Waals surface area contributed by atoms with Crippen LogP contribution in [-0.4, -0.2) is 27.4 Å². The minimum atomic E-state index is -4.73. The molecule has 0 fully saturated rings. The monoisotopic (exact) mass is 315 g/mol. The molecular formula is C12H8F3N3O2S. The maximum absolute atomic E-state index is 12.9. The summed E-state index contributed by atoms with van der Waals surface area (Å²) in [5, 5.41) is 13.3. The molecule has 1 aromatic rings. The molecule has 0 aromatic carbocycles. The number of fused-ring (bicyclic) bond motifs is 1. The van der Waals surface area contributed by atoms with Gasteiger partial charge in [-0.15, -0.1) is 11.8 Å². The van der Waals surface area contributed by atoms with Crippen LogP contribution in [0.4, 0.5) is 13.2 Å². The lowest BCUT2D eigenvalue weighted by Crippen LogP contribution is -2.23. The van der Waals surface area contributed by atoms with Crippen LogP contribution in [0, 0.1) is 0 Å². The first-order valence-corrected chi connectivity index (χ1v) is 6.69. The Morgan fingerprint density at radius 3 is 2.81 bits per heavy atom. The van der Waals surface area contributed by atoms with E-state index in [2.05, 4.69) is 10.3 Å². The molecule has 5 nitrogen and oxygen atoms in total. The van der Waals surface area contributed by atoms with Gasteiger partial charge in [-0.2, -0.15) is 13.2 Å². The van der Waals surface area contributed by atoms with Gasteiger partial charge >= 0.3 is 12.1 Å². The number of aliphatic imine (C=N–C) groups is 1. The summed E-state index contributed by atoms with van der Waals surface area (Å²) >= 11 is 1.42. The largest absolute Gasteiger partial charge is 0.478 e. The van der Waals surface area contributed by atoms with Crippen molar-refractivity contribution in [1.29, 1.82) is 0 Å². The Labute approximate surface area is 120 Å². The highest BCUT2D eigenvalue weighted by atomic mass is 32.2. The number of alkyl halides is 3. The topological polar surface area (TPSA) is 66.6 Å². The van der Waals surface area contributed by atoms with Crippen LogP contribution in [0.2, 0.25) is 0 Å². The molecule has 0 aliphatic carbocycles. The number of carbonyl (C=O) groups is 1. The van der Waals surface area contributed by atoms with Crippen molar-refractivity contribution in [1.82, 2.24) is 9.88 Å². The van der Waals surface area contributed by atoms with Crippen molar-refractivity contribution in [3.8, 4) is 0 Å². The normalized spacial score (nSPS) is 20.6. The Morgan fingerprint density at radius 2 is 2.19 bits per heavy atom. The molecular weight excluding hydrogens is 307 g/mol. The standard InChI is InChI=1S/C12H8F3N3O2S/c13-12(14,15)8-4-18(3-7(8)11(19)20)9-6-1-2-21-10(6)17-5-16-9/h1-5,10H,(H,16,17)(H,19,20). The first-order valence-electron chi connectivity index (χ1n) is 5.75. The number of rotatable bonds is 2. The van der Waals surface area contributed by atoms with Crippen LogP contribution in [0.25, 0.3) is 5.82 Å². The fraction of sp³-hybridized carbons (Fsp3) is 0.167. The highest BCUT2D eigenvalue weighted by molar-refractivity contribution is 8.03. The van der Waals surface area contributed by atoms with Crippen molar-refractivity contribution >= 4 is 29.9 Å². The van der Waals surface area contributed by atoms with Gasteiger partial charge in [-0.25, -0.2) is 4.79 Å². The number of hydrogen-bond donors (Lipinski definition) is 2. The quantitative estimate of drug-likeness (QED) is 0.880. The predicted octanol–water partition coefficient (Wildman–Crippen LogP) is 2.59. The molecule has 0 saturated heterocycles. The average molecular weight is 315 g/mol. The van der Waals surface area contributed by atoms with Crippen molar-refractivity contribution in [3.05, 3.63) is 40.6 Å². The van der Waals surface area contributed by atoms with E-state index in [4.69, 9.17) is 5.11 Å². The van der Waals surface area contributed by atoms with Crippen molar-refractivity contribution in [2.75, 3.05) is 0 Å². The summed E-state index contributed by atoms with van der Waals surface area (Å²) in [6.45, 7) is 0. The van der Waals surface area contributed by atoms with Crippen LogP contribution in [0.1, 0.15) is 15.9 Å². The lowest BCUT2D eigenvalue weighted by Gasteiger charge is -2.19. The van der Waals surface area contributed by atoms with Gasteiger partial charge in [-0.05, 0) is 11.5 Å². The van der Waals surface area contributed by atoms with E-state index in [0.717, 1.165) is 17.0 Å². The first-order chi connectivity index (χ1) is 9.88. The van der Waals surface area contributed by atoms with Gasteiger partial charge in [0.15, 0.2) is 0 Å². The lowest BCUT2D eigenvalue weighted by molar-refractivity contribution is -0.138. The molecule has 0 amide bonds. The number of aromatic carboxylic acids is 1. The average Bonchev–Trinajstić information content (AvgIpc) is 3.04. The third kappa shape index (κ3) is 2.33. The number of hydrogen-bond acceptors (Lipinski definition) is 4. The molecule has 2 N–H and O–H groups in total. The van der Waals surface area contributed by atoms with Crippen LogP contribution < -0.4 is 5.32 Å².